The number of thiocarbonyl (C=S) groups is 1. The van der Waals surface area contributed by atoms with Gasteiger partial charge in [0.05, 0.1) is 4.91 Å². The quantitative estimate of drug-likeness (QED) is 0.485. The number of rotatable bonds is 4. The minimum absolute atomic E-state index is 0.0447. The number of hydrogen-bond donors (Lipinski definition) is 1. The zero-order valence-electron chi connectivity index (χ0n) is 17.2. The van der Waals surface area contributed by atoms with E-state index in [9.17, 15) is 39.9 Å². The average Bonchev–Trinajstić information content (AvgIpc) is 2.71. The Morgan fingerprint density at radius 3 is 2.09 bits per heavy atom. The van der Waals surface area contributed by atoms with E-state index in [0.717, 1.165) is 12.1 Å². The number of hydrogen-bond acceptors (Lipinski definition) is 5. The lowest BCUT2D eigenvalue weighted by Crippen LogP contribution is -2.55. The van der Waals surface area contributed by atoms with Gasteiger partial charge >= 0.3 is 12.4 Å². The van der Waals surface area contributed by atoms with E-state index in [4.69, 9.17) is 12.2 Å². The van der Waals surface area contributed by atoms with E-state index < -0.39 is 39.6 Å². The van der Waals surface area contributed by atoms with Gasteiger partial charge < -0.3 is 10.0 Å². The first kappa shape index (κ1) is 25.7. The number of aliphatic hydroxyl groups is 1. The van der Waals surface area contributed by atoms with Crippen LogP contribution in [0.5, 0.6) is 0 Å². The molecule has 1 fully saturated rings. The van der Waals surface area contributed by atoms with Crippen LogP contribution in [0.15, 0.2) is 47.4 Å². The predicted octanol–water partition coefficient (Wildman–Crippen LogP) is 4.05. The summed E-state index contributed by atoms with van der Waals surface area (Å²) in [5, 5.41) is 9.51. The smallest absolute Gasteiger partial charge is 0.369 e. The molecule has 0 aromatic heterocycles. The molecule has 0 unspecified atom stereocenters. The van der Waals surface area contributed by atoms with Crippen molar-refractivity contribution in [1.29, 1.82) is 0 Å². The van der Waals surface area contributed by atoms with E-state index in [2.05, 4.69) is 0 Å². The third kappa shape index (κ3) is 4.55. The van der Waals surface area contributed by atoms with Gasteiger partial charge in [0, 0.05) is 48.2 Å². The van der Waals surface area contributed by atoms with Crippen LogP contribution >= 0.6 is 12.2 Å². The Labute approximate surface area is 192 Å². The van der Waals surface area contributed by atoms with Crippen molar-refractivity contribution < 1.29 is 39.9 Å². The number of anilines is 1. The fourth-order valence-corrected chi connectivity index (χ4v) is 6.03. The molecule has 0 bridgehead atoms. The molecule has 1 aliphatic heterocycles. The molecule has 1 heterocycles. The maximum atomic E-state index is 13.1. The van der Waals surface area contributed by atoms with Crippen LogP contribution in [0, 0.1) is 0 Å². The summed E-state index contributed by atoms with van der Waals surface area (Å²) in [6, 6.07) is 2.68. The number of halogens is 6. The van der Waals surface area contributed by atoms with Crippen LogP contribution in [0.1, 0.15) is 18.9 Å². The van der Waals surface area contributed by atoms with Gasteiger partial charge in [0.25, 0.3) is 5.60 Å². The second-order valence-corrected chi connectivity index (χ2v) is 10.1. The summed E-state index contributed by atoms with van der Waals surface area (Å²) in [6.07, 6.45) is -6.82. The maximum Gasteiger partial charge on any atom is 0.430 e. The summed E-state index contributed by atoms with van der Waals surface area (Å²) >= 11 is 5.16. The monoisotopic (exact) mass is 514 g/mol. The van der Waals surface area contributed by atoms with Gasteiger partial charge in [-0.25, -0.2) is 8.42 Å². The molecule has 1 aromatic carbocycles. The Balaban J connectivity index is 1.80. The first-order valence-corrected chi connectivity index (χ1v) is 11.6. The van der Waals surface area contributed by atoms with E-state index in [1.807, 2.05) is 0 Å². The van der Waals surface area contributed by atoms with Crippen LogP contribution in [0.2, 0.25) is 0 Å². The number of piperazine rings is 1. The molecule has 5 nitrogen and oxygen atoms in total. The van der Waals surface area contributed by atoms with Crippen LogP contribution < -0.4 is 4.90 Å². The van der Waals surface area contributed by atoms with Crippen molar-refractivity contribution in [2.24, 2.45) is 0 Å². The molecule has 3 rings (SSSR count). The maximum absolute atomic E-state index is 13.1. The lowest BCUT2D eigenvalue weighted by Gasteiger charge is -2.40. The standard InChI is InChI=1S/C20H20F6N2O3S2/c1-13-12-27(10-11-28(13)33(30,31)17-5-3-2-4-16(17)32)15-8-6-14(7-9-15)18(29,19(21,22)23)20(24,25)26/h2-3,5-9,13,29H,4,10-12H2,1H3/t13-/m0/s1. The molecule has 0 saturated carbocycles. The third-order valence-corrected chi connectivity index (χ3v) is 8.20. The van der Waals surface area contributed by atoms with Crippen LogP contribution in [0.3, 0.4) is 0 Å². The average molecular weight is 515 g/mol. The highest BCUT2D eigenvalue weighted by atomic mass is 32.2. The fourth-order valence-electron chi connectivity index (χ4n) is 3.81. The van der Waals surface area contributed by atoms with Gasteiger partial charge in [-0.15, -0.1) is 0 Å². The van der Waals surface area contributed by atoms with E-state index in [0.29, 0.717) is 29.1 Å². The van der Waals surface area contributed by atoms with Gasteiger partial charge in [-0.1, -0.05) is 36.5 Å². The second-order valence-electron chi connectivity index (χ2n) is 7.75. The summed E-state index contributed by atoms with van der Waals surface area (Å²) < 4.78 is 106. The Morgan fingerprint density at radius 2 is 1.61 bits per heavy atom. The first-order valence-electron chi connectivity index (χ1n) is 9.74. The number of allylic oxidation sites excluding steroid dienone is 4. The van der Waals surface area contributed by atoms with E-state index in [-0.39, 0.29) is 24.5 Å². The minimum Gasteiger partial charge on any atom is -0.369 e. The normalized spacial score (nSPS) is 21.3. The van der Waals surface area contributed by atoms with Gasteiger partial charge in [-0.2, -0.15) is 30.6 Å². The van der Waals surface area contributed by atoms with Crippen molar-refractivity contribution in [3.63, 3.8) is 0 Å². The highest BCUT2D eigenvalue weighted by Gasteiger charge is 2.71. The molecule has 1 aliphatic carbocycles. The Hall–Kier alpha value is -1.96. The topological polar surface area (TPSA) is 60.9 Å². The number of sulfonamides is 1. The van der Waals surface area contributed by atoms with Crippen molar-refractivity contribution in [2.75, 3.05) is 24.5 Å². The Bertz CT molecular complexity index is 1060. The van der Waals surface area contributed by atoms with Gasteiger partial charge in [-0.05, 0) is 25.1 Å². The molecule has 0 amide bonds. The van der Waals surface area contributed by atoms with Crippen LogP contribution in [0.4, 0.5) is 32.0 Å². The van der Waals surface area contributed by atoms with Crippen molar-refractivity contribution in [2.45, 2.75) is 37.3 Å². The summed E-state index contributed by atoms with van der Waals surface area (Å²) in [6.45, 7) is 2.00. The summed E-state index contributed by atoms with van der Waals surface area (Å²) in [5.74, 6) is 0. The largest absolute Gasteiger partial charge is 0.430 e. The third-order valence-electron chi connectivity index (χ3n) is 5.59. The van der Waals surface area contributed by atoms with Gasteiger partial charge in [0.1, 0.15) is 0 Å². The molecule has 0 radical (unpaired) electrons. The van der Waals surface area contributed by atoms with Crippen LogP contribution in [-0.4, -0.2) is 60.7 Å². The molecular formula is C20H20F6N2O3S2. The van der Waals surface area contributed by atoms with Gasteiger partial charge in [0.2, 0.25) is 10.0 Å². The molecule has 1 saturated heterocycles. The molecule has 13 heteroatoms. The minimum atomic E-state index is -5.97. The fraction of sp³-hybridized carbons (Fsp3) is 0.450. The van der Waals surface area contributed by atoms with Crippen LogP contribution in [-0.2, 0) is 15.6 Å². The van der Waals surface area contributed by atoms with E-state index in [1.165, 1.54) is 10.4 Å². The molecule has 0 spiro atoms. The first-order chi connectivity index (χ1) is 15.1. The van der Waals surface area contributed by atoms with Crippen molar-refractivity contribution in [3.05, 3.63) is 53.0 Å². The Morgan fingerprint density at radius 1 is 1.03 bits per heavy atom. The SMILES string of the molecule is C[C@H]1CN(c2ccc(C(O)(C(F)(F)F)C(F)(F)F)cc2)CCN1S(=O)(=O)C1=CC=CCC1=S. The highest BCUT2D eigenvalue weighted by Crippen LogP contribution is 2.50. The summed E-state index contributed by atoms with van der Waals surface area (Å²) in [7, 11) is -3.86. The van der Waals surface area contributed by atoms with Crippen LogP contribution in [0.25, 0.3) is 0 Å². The highest BCUT2D eigenvalue weighted by molar-refractivity contribution is 7.96. The van der Waals surface area contributed by atoms with E-state index in [1.54, 1.807) is 24.0 Å². The number of benzene rings is 1. The zero-order chi connectivity index (χ0) is 24.8. The molecule has 1 N–H and O–H groups in total. The lowest BCUT2D eigenvalue weighted by atomic mass is 9.92. The Kier molecular flexibility index (Phi) is 6.75. The molecule has 182 valence electrons. The summed E-state index contributed by atoms with van der Waals surface area (Å²) in [5.41, 5.74) is -6.06. The second kappa shape index (κ2) is 8.67. The van der Waals surface area contributed by atoms with E-state index >= 15 is 0 Å². The van der Waals surface area contributed by atoms with Gasteiger partial charge in [0.15, 0.2) is 0 Å². The van der Waals surface area contributed by atoms with Crippen molar-refractivity contribution in [3.8, 4) is 0 Å². The molecule has 2 aliphatic rings. The lowest BCUT2D eigenvalue weighted by molar-refractivity contribution is -0.376. The molecule has 33 heavy (non-hydrogen) atoms. The summed E-state index contributed by atoms with van der Waals surface area (Å²) in [4.78, 5) is 1.99. The number of alkyl halides is 6. The van der Waals surface area contributed by atoms with Gasteiger partial charge in [-0.3, -0.25) is 0 Å². The molecular weight excluding hydrogens is 494 g/mol. The zero-order valence-corrected chi connectivity index (χ0v) is 18.8. The molecule has 1 atom stereocenters. The molecule has 1 aromatic rings. The predicted molar refractivity (Wildman–Crippen MR) is 114 cm³/mol. The number of nitrogens with zero attached hydrogens (tertiary/aromatic N) is 2. The van der Waals surface area contributed by atoms with Crippen molar-refractivity contribution >= 4 is 32.8 Å². The van der Waals surface area contributed by atoms with Crippen molar-refractivity contribution in [1.82, 2.24) is 4.31 Å².